The second-order valence-corrected chi connectivity index (χ2v) is 5.70. The van der Waals surface area contributed by atoms with Crippen molar-refractivity contribution in [3.8, 4) is 11.5 Å². The van der Waals surface area contributed by atoms with Gasteiger partial charge in [-0.2, -0.15) is 0 Å². The molecule has 23 heavy (non-hydrogen) atoms. The molecule has 2 aromatic carbocycles. The van der Waals surface area contributed by atoms with Gasteiger partial charge in [0, 0.05) is 5.02 Å². The Labute approximate surface area is 141 Å². The van der Waals surface area contributed by atoms with E-state index in [1.54, 1.807) is 24.3 Å². The largest absolute Gasteiger partial charge is 0.492 e. The molecular formula is C18H20ClNO3. The lowest BCUT2D eigenvalue weighted by molar-refractivity contribution is -0.123. The minimum Gasteiger partial charge on any atom is -0.492 e. The summed E-state index contributed by atoms with van der Waals surface area (Å²) in [5.41, 5.74) is 2.30. The molecule has 122 valence electrons. The summed E-state index contributed by atoms with van der Waals surface area (Å²) in [4.78, 5) is 11.7. The molecule has 1 N–H and O–H groups in total. The third-order valence-electron chi connectivity index (χ3n) is 3.05. The summed E-state index contributed by atoms with van der Waals surface area (Å²) in [6.07, 6.45) is 0. The molecule has 0 heterocycles. The van der Waals surface area contributed by atoms with Gasteiger partial charge in [0.15, 0.2) is 6.61 Å². The minimum atomic E-state index is -0.200. The number of nitrogens with one attached hydrogen (secondary N) is 1. The highest BCUT2D eigenvalue weighted by Crippen LogP contribution is 2.17. The molecule has 0 aliphatic carbocycles. The van der Waals surface area contributed by atoms with E-state index in [0.29, 0.717) is 23.9 Å². The van der Waals surface area contributed by atoms with Crippen LogP contribution in [0, 0.1) is 13.8 Å². The van der Waals surface area contributed by atoms with Crippen LogP contribution in [0.5, 0.6) is 11.5 Å². The lowest BCUT2D eigenvalue weighted by Crippen LogP contribution is -2.32. The van der Waals surface area contributed by atoms with Gasteiger partial charge >= 0.3 is 0 Å². The highest BCUT2D eigenvalue weighted by atomic mass is 35.5. The fourth-order valence-electron chi connectivity index (χ4n) is 2.13. The number of hydrogen-bond acceptors (Lipinski definition) is 3. The number of carbonyl (C=O) groups is 1. The Bertz CT molecular complexity index is 653. The smallest absolute Gasteiger partial charge is 0.258 e. The molecule has 4 nitrogen and oxygen atoms in total. The van der Waals surface area contributed by atoms with Gasteiger partial charge in [0.25, 0.3) is 5.91 Å². The molecule has 0 bridgehead atoms. The highest BCUT2D eigenvalue weighted by Gasteiger charge is 2.03. The summed E-state index contributed by atoms with van der Waals surface area (Å²) < 4.78 is 11.0. The Morgan fingerprint density at radius 1 is 1.04 bits per heavy atom. The van der Waals surface area contributed by atoms with Crippen LogP contribution in [-0.4, -0.2) is 25.7 Å². The predicted molar refractivity (Wildman–Crippen MR) is 91.4 cm³/mol. The van der Waals surface area contributed by atoms with E-state index in [0.717, 1.165) is 16.9 Å². The number of hydrogen-bond donors (Lipinski definition) is 1. The average Bonchev–Trinajstić information content (AvgIpc) is 2.49. The van der Waals surface area contributed by atoms with Gasteiger partial charge in [-0.15, -0.1) is 0 Å². The van der Waals surface area contributed by atoms with Crippen molar-refractivity contribution < 1.29 is 14.3 Å². The molecule has 0 aromatic heterocycles. The first-order valence-electron chi connectivity index (χ1n) is 7.39. The van der Waals surface area contributed by atoms with Crippen molar-refractivity contribution >= 4 is 17.5 Å². The number of rotatable bonds is 7. The van der Waals surface area contributed by atoms with E-state index in [-0.39, 0.29) is 12.5 Å². The van der Waals surface area contributed by atoms with E-state index < -0.39 is 0 Å². The summed E-state index contributed by atoms with van der Waals surface area (Å²) in [5.74, 6) is 1.18. The molecule has 5 heteroatoms. The zero-order valence-electron chi connectivity index (χ0n) is 13.3. The van der Waals surface area contributed by atoms with Crippen LogP contribution in [-0.2, 0) is 4.79 Å². The van der Waals surface area contributed by atoms with Crippen molar-refractivity contribution in [1.82, 2.24) is 5.32 Å². The van der Waals surface area contributed by atoms with E-state index in [1.807, 2.05) is 26.0 Å². The first-order chi connectivity index (χ1) is 11.0. The summed E-state index contributed by atoms with van der Waals surface area (Å²) in [6.45, 7) is 4.82. The number of amides is 1. The third-order valence-corrected chi connectivity index (χ3v) is 3.29. The van der Waals surface area contributed by atoms with Crippen molar-refractivity contribution in [2.24, 2.45) is 0 Å². The van der Waals surface area contributed by atoms with Crippen molar-refractivity contribution in [2.45, 2.75) is 13.8 Å². The maximum atomic E-state index is 11.7. The molecular weight excluding hydrogens is 314 g/mol. The summed E-state index contributed by atoms with van der Waals surface area (Å²) in [7, 11) is 0. The van der Waals surface area contributed by atoms with Gasteiger partial charge in [-0.05, 0) is 55.3 Å². The van der Waals surface area contributed by atoms with E-state index in [9.17, 15) is 4.79 Å². The van der Waals surface area contributed by atoms with Crippen LogP contribution >= 0.6 is 11.6 Å². The molecule has 0 aliphatic heterocycles. The molecule has 0 saturated heterocycles. The Kier molecular flexibility index (Phi) is 6.29. The average molecular weight is 334 g/mol. The SMILES string of the molecule is Cc1cc(C)cc(OCCNC(=O)COc2cccc(Cl)c2)c1. The molecule has 1 amide bonds. The Morgan fingerprint density at radius 3 is 2.48 bits per heavy atom. The van der Waals surface area contributed by atoms with Gasteiger partial charge in [-0.1, -0.05) is 23.7 Å². The Hall–Kier alpha value is -2.20. The molecule has 2 aromatic rings. The molecule has 0 aliphatic rings. The second kappa shape index (κ2) is 8.44. The number of carbonyl (C=O) groups excluding carboxylic acids is 1. The third kappa shape index (κ3) is 6.20. The normalized spacial score (nSPS) is 10.2. The van der Waals surface area contributed by atoms with Crippen molar-refractivity contribution in [3.63, 3.8) is 0 Å². The highest BCUT2D eigenvalue weighted by molar-refractivity contribution is 6.30. The van der Waals surface area contributed by atoms with Crippen LogP contribution in [0.1, 0.15) is 11.1 Å². The van der Waals surface area contributed by atoms with Gasteiger partial charge in [-0.3, -0.25) is 4.79 Å². The monoisotopic (exact) mass is 333 g/mol. The molecule has 0 radical (unpaired) electrons. The number of halogens is 1. The Balaban J connectivity index is 1.66. The maximum absolute atomic E-state index is 11.7. The first kappa shape index (κ1) is 17.2. The minimum absolute atomic E-state index is 0.0517. The molecule has 0 atom stereocenters. The van der Waals surface area contributed by atoms with Gasteiger partial charge in [0.1, 0.15) is 18.1 Å². The van der Waals surface area contributed by atoms with Crippen molar-refractivity contribution in [1.29, 1.82) is 0 Å². The van der Waals surface area contributed by atoms with Crippen LogP contribution in [0.2, 0.25) is 5.02 Å². The fraction of sp³-hybridized carbons (Fsp3) is 0.278. The number of aryl methyl sites for hydroxylation is 2. The second-order valence-electron chi connectivity index (χ2n) is 5.27. The van der Waals surface area contributed by atoms with Crippen molar-refractivity contribution in [2.75, 3.05) is 19.8 Å². The van der Waals surface area contributed by atoms with E-state index >= 15 is 0 Å². The van der Waals surface area contributed by atoms with Gasteiger partial charge in [0.2, 0.25) is 0 Å². The van der Waals surface area contributed by atoms with E-state index in [4.69, 9.17) is 21.1 Å². The summed E-state index contributed by atoms with van der Waals surface area (Å²) in [6, 6.07) is 13.0. The molecule has 0 spiro atoms. The number of benzene rings is 2. The zero-order valence-corrected chi connectivity index (χ0v) is 14.0. The van der Waals surface area contributed by atoms with Crippen LogP contribution in [0.4, 0.5) is 0 Å². The van der Waals surface area contributed by atoms with Gasteiger partial charge in [-0.25, -0.2) is 0 Å². The van der Waals surface area contributed by atoms with Gasteiger partial charge < -0.3 is 14.8 Å². The van der Waals surface area contributed by atoms with Crippen molar-refractivity contribution in [3.05, 3.63) is 58.6 Å². The number of ether oxygens (including phenoxy) is 2. The quantitative estimate of drug-likeness (QED) is 0.788. The molecule has 0 unspecified atom stereocenters. The molecule has 0 fully saturated rings. The molecule has 0 saturated carbocycles. The van der Waals surface area contributed by atoms with Crippen LogP contribution in [0.3, 0.4) is 0 Å². The zero-order chi connectivity index (χ0) is 16.7. The lowest BCUT2D eigenvalue weighted by Gasteiger charge is -2.10. The lowest BCUT2D eigenvalue weighted by atomic mass is 10.1. The van der Waals surface area contributed by atoms with Gasteiger partial charge in [0.05, 0.1) is 6.54 Å². The Morgan fingerprint density at radius 2 is 1.78 bits per heavy atom. The fourth-order valence-corrected chi connectivity index (χ4v) is 2.31. The van der Waals surface area contributed by atoms with E-state index in [1.165, 1.54) is 0 Å². The predicted octanol–water partition coefficient (Wildman–Crippen LogP) is 3.53. The van der Waals surface area contributed by atoms with Crippen LogP contribution < -0.4 is 14.8 Å². The summed E-state index contributed by atoms with van der Waals surface area (Å²) >= 11 is 5.85. The van der Waals surface area contributed by atoms with Crippen LogP contribution in [0.25, 0.3) is 0 Å². The molecule has 2 rings (SSSR count). The maximum Gasteiger partial charge on any atom is 0.258 e. The summed E-state index contributed by atoms with van der Waals surface area (Å²) in [5, 5.41) is 3.32. The first-order valence-corrected chi connectivity index (χ1v) is 7.77. The van der Waals surface area contributed by atoms with Crippen LogP contribution in [0.15, 0.2) is 42.5 Å². The topological polar surface area (TPSA) is 47.6 Å². The standard InChI is InChI=1S/C18H20ClNO3/c1-13-8-14(2)10-17(9-13)22-7-6-20-18(21)12-23-16-5-3-4-15(19)11-16/h3-5,8-11H,6-7,12H2,1-2H3,(H,20,21). The van der Waals surface area contributed by atoms with E-state index in [2.05, 4.69) is 11.4 Å².